The maximum atomic E-state index is 11.1. The van der Waals surface area contributed by atoms with E-state index < -0.39 is 18.2 Å². The van der Waals surface area contributed by atoms with E-state index in [1.54, 1.807) is 19.0 Å². The molecule has 0 fully saturated rings. The van der Waals surface area contributed by atoms with Crippen LogP contribution in [0.15, 0.2) is 12.2 Å². The Balaban J connectivity index is 3.93. The van der Waals surface area contributed by atoms with Crippen molar-refractivity contribution in [1.82, 2.24) is 4.90 Å². The van der Waals surface area contributed by atoms with Crippen molar-refractivity contribution in [1.29, 1.82) is 0 Å². The summed E-state index contributed by atoms with van der Waals surface area (Å²) in [4.78, 5) is 23.8. The normalized spacial score (nSPS) is 12.1. The molecule has 0 saturated heterocycles. The minimum absolute atomic E-state index is 0.148. The molecule has 0 bridgehead atoms. The lowest BCUT2D eigenvalue weighted by Gasteiger charge is -2.15. The lowest BCUT2D eigenvalue weighted by Crippen LogP contribution is -2.28. The highest BCUT2D eigenvalue weighted by Crippen LogP contribution is 2.00. The molecule has 0 radical (unpaired) electrons. The molecule has 0 N–H and O–H groups in total. The van der Waals surface area contributed by atoms with Gasteiger partial charge < -0.3 is 9.47 Å². The summed E-state index contributed by atoms with van der Waals surface area (Å²) in [5, 5.41) is 0. The predicted molar refractivity (Wildman–Crippen MR) is 55.0 cm³/mol. The van der Waals surface area contributed by atoms with Crippen LogP contribution in [0.4, 0.5) is 0 Å². The zero-order chi connectivity index (χ0) is 12.0. The van der Waals surface area contributed by atoms with E-state index in [0.29, 0.717) is 0 Å². The van der Waals surface area contributed by atoms with Crippen LogP contribution in [0.5, 0.6) is 0 Å². The van der Waals surface area contributed by atoms with Crippen LogP contribution in [0, 0.1) is 0 Å². The molecule has 0 aromatic carbocycles. The molecule has 0 aliphatic carbocycles. The first kappa shape index (κ1) is 13.6. The third-order valence-corrected chi connectivity index (χ3v) is 1.36. The number of hydrogen-bond acceptors (Lipinski definition) is 5. The fraction of sp³-hybridized carbons (Fsp3) is 0.600. The van der Waals surface area contributed by atoms with Gasteiger partial charge in [0.15, 0.2) is 0 Å². The Bertz CT molecular complexity index is 260. The molecule has 0 spiro atoms. The molecule has 0 heterocycles. The Kier molecular flexibility index (Phi) is 5.62. The zero-order valence-electron chi connectivity index (χ0n) is 9.57. The van der Waals surface area contributed by atoms with Crippen molar-refractivity contribution in [3.05, 3.63) is 12.2 Å². The van der Waals surface area contributed by atoms with Gasteiger partial charge in [-0.15, -0.1) is 0 Å². The Labute approximate surface area is 89.6 Å². The second-order valence-electron chi connectivity index (χ2n) is 3.48. The van der Waals surface area contributed by atoms with Crippen molar-refractivity contribution in [2.24, 2.45) is 0 Å². The van der Waals surface area contributed by atoms with E-state index in [1.807, 2.05) is 0 Å². The van der Waals surface area contributed by atoms with Crippen LogP contribution in [0.25, 0.3) is 0 Å². The van der Waals surface area contributed by atoms with Crippen LogP contribution >= 0.6 is 0 Å². The molecule has 1 unspecified atom stereocenters. The lowest BCUT2D eigenvalue weighted by atomic mass is 10.4. The maximum absolute atomic E-state index is 11.1. The van der Waals surface area contributed by atoms with Gasteiger partial charge in [0.25, 0.3) is 0 Å². The van der Waals surface area contributed by atoms with Crippen LogP contribution in [-0.2, 0) is 19.1 Å². The standard InChI is InChI=1S/C10H17NO4/c1-7(2)10(13)15-8(3)14-9(12)6-11(4)5/h8H,1,6H2,2-5H3. The van der Waals surface area contributed by atoms with E-state index in [4.69, 9.17) is 9.47 Å². The molecule has 0 saturated carbocycles. The van der Waals surface area contributed by atoms with Crippen LogP contribution in [0.2, 0.25) is 0 Å². The van der Waals surface area contributed by atoms with Gasteiger partial charge >= 0.3 is 11.9 Å². The summed E-state index contributed by atoms with van der Waals surface area (Å²) in [6, 6.07) is 0. The molecule has 0 aliphatic heterocycles. The highest BCUT2D eigenvalue weighted by atomic mass is 16.7. The van der Waals surface area contributed by atoms with E-state index in [0.717, 1.165) is 0 Å². The second-order valence-corrected chi connectivity index (χ2v) is 3.48. The van der Waals surface area contributed by atoms with Gasteiger partial charge in [0.2, 0.25) is 6.29 Å². The Hall–Kier alpha value is -1.36. The summed E-state index contributed by atoms with van der Waals surface area (Å²) in [6.45, 7) is 6.57. The summed E-state index contributed by atoms with van der Waals surface area (Å²) in [5.41, 5.74) is 0.269. The Morgan fingerprint density at radius 3 is 2.27 bits per heavy atom. The van der Waals surface area contributed by atoms with Crippen molar-refractivity contribution in [2.75, 3.05) is 20.6 Å². The predicted octanol–water partition coefficient (Wildman–Crippen LogP) is 0.556. The molecule has 5 heteroatoms. The average Bonchev–Trinajstić information content (AvgIpc) is 2.00. The van der Waals surface area contributed by atoms with Crippen LogP contribution in [0.1, 0.15) is 13.8 Å². The molecule has 0 aliphatic rings. The van der Waals surface area contributed by atoms with Gasteiger partial charge in [0.05, 0.1) is 6.54 Å². The van der Waals surface area contributed by atoms with Gasteiger partial charge in [0, 0.05) is 12.5 Å². The fourth-order valence-corrected chi connectivity index (χ4v) is 0.756. The number of ether oxygens (including phenoxy) is 2. The van der Waals surface area contributed by atoms with Gasteiger partial charge in [0.1, 0.15) is 0 Å². The highest BCUT2D eigenvalue weighted by molar-refractivity contribution is 5.87. The summed E-state index contributed by atoms with van der Waals surface area (Å²) in [6.07, 6.45) is -0.887. The summed E-state index contributed by atoms with van der Waals surface area (Å²) in [5.74, 6) is -1.01. The minimum atomic E-state index is -0.887. The Morgan fingerprint density at radius 1 is 1.33 bits per heavy atom. The van der Waals surface area contributed by atoms with Crippen molar-refractivity contribution >= 4 is 11.9 Å². The lowest BCUT2D eigenvalue weighted by molar-refractivity contribution is -0.182. The first-order valence-corrected chi connectivity index (χ1v) is 4.53. The van der Waals surface area contributed by atoms with Crippen molar-refractivity contribution in [3.8, 4) is 0 Å². The molecule has 0 amide bonds. The minimum Gasteiger partial charge on any atom is -0.424 e. The fourth-order valence-electron chi connectivity index (χ4n) is 0.756. The third-order valence-electron chi connectivity index (χ3n) is 1.36. The SMILES string of the molecule is C=C(C)C(=O)OC(C)OC(=O)CN(C)C. The number of rotatable bonds is 5. The molecule has 0 aromatic rings. The van der Waals surface area contributed by atoms with E-state index >= 15 is 0 Å². The van der Waals surface area contributed by atoms with Gasteiger partial charge in [-0.25, -0.2) is 4.79 Å². The van der Waals surface area contributed by atoms with Gasteiger partial charge in [-0.1, -0.05) is 6.58 Å². The topological polar surface area (TPSA) is 55.8 Å². The van der Waals surface area contributed by atoms with Gasteiger partial charge in [-0.3, -0.25) is 9.69 Å². The van der Waals surface area contributed by atoms with E-state index in [-0.39, 0.29) is 12.1 Å². The molecule has 5 nitrogen and oxygen atoms in total. The van der Waals surface area contributed by atoms with Crippen molar-refractivity contribution in [2.45, 2.75) is 20.1 Å². The summed E-state index contributed by atoms with van der Waals surface area (Å²) in [7, 11) is 3.48. The number of esters is 2. The van der Waals surface area contributed by atoms with E-state index in [1.165, 1.54) is 13.8 Å². The average molecular weight is 215 g/mol. The van der Waals surface area contributed by atoms with E-state index in [9.17, 15) is 9.59 Å². The quantitative estimate of drug-likeness (QED) is 0.381. The smallest absolute Gasteiger partial charge is 0.336 e. The van der Waals surface area contributed by atoms with Crippen LogP contribution in [-0.4, -0.2) is 43.8 Å². The molecule has 1 atom stereocenters. The summed E-state index contributed by atoms with van der Waals surface area (Å²) >= 11 is 0. The third kappa shape index (κ3) is 6.68. The molecular formula is C10H17NO4. The second kappa shape index (κ2) is 6.19. The Morgan fingerprint density at radius 2 is 1.87 bits per heavy atom. The maximum Gasteiger partial charge on any atom is 0.336 e. The zero-order valence-corrected chi connectivity index (χ0v) is 9.57. The molecule has 15 heavy (non-hydrogen) atoms. The first-order valence-electron chi connectivity index (χ1n) is 4.53. The van der Waals surface area contributed by atoms with Crippen molar-refractivity contribution < 1.29 is 19.1 Å². The van der Waals surface area contributed by atoms with E-state index in [2.05, 4.69) is 6.58 Å². The van der Waals surface area contributed by atoms with Crippen LogP contribution < -0.4 is 0 Å². The first-order chi connectivity index (χ1) is 6.82. The van der Waals surface area contributed by atoms with Gasteiger partial charge in [-0.05, 0) is 21.0 Å². The van der Waals surface area contributed by atoms with Crippen LogP contribution in [0.3, 0.4) is 0 Å². The summed E-state index contributed by atoms with van der Waals surface area (Å²) < 4.78 is 9.58. The number of nitrogens with zero attached hydrogens (tertiary/aromatic N) is 1. The molecule has 0 aromatic heterocycles. The monoisotopic (exact) mass is 215 g/mol. The van der Waals surface area contributed by atoms with Crippen molar-refractivity contribution in [3.63, 3.8) is 0 Å². The number of carbonyl (C=O) groups is 2. The molecular weight excluding hydrogens is 198 g/mol. The highest BCUT2D eigenvalue weighted by Gasteiger charge is 2.14. The largest absolute Gasteiger partial charge is 0.424 e. The molecule has 0 rings (SSSR count). The number of hydrogen-bond donors (Lipinski definition) is 0. The molecule has 86 valence electrons. The number of likely N-dealkylation sites (N-methyl/N-ethyl adjacent to an activating group) is 1. The number of carbonyl (C=O) groups excluding carboxylic acids is 2. The van der Waals surface area contributed by atoms with Gasteiger partial charge in [-0.2, -0.15) is 0 Å².